The monoisotopic (exact) mass is 367 g/mol. The van der Waals surface area contributed by atoms with Crippen LogP contribution in [0.4, 0.5) is 0 Å². The van der Waals surface area contributed by atoms with E-state index in [1.165, 1.54) is 61.9 Å². The van der Waals surface area contributed by atoms with Crippen LogP contribution >= 0.6 is 0 Å². The van der Waals surface area contributed by atoms with E-state index in [1.54, 1.807) is 0 Å². The molecule has 2 aromatic rings. The Morgan fingerprint density at radius 2 is 1.81 bits per heavy atom. The average Bonchev–Trinajstić information content (AvgIpc) is 3.33. The van der Waals surface area contributed by atoms with Gasteiger partial charge in [0.2, 0.25) is 6.79 Å². The fraction of sp³-hybridized carbons (Fsp3) is 0.591. The van der Waals surface area contributed by atoms with Gasteiger partial charge in [0.15, 0.2) is 11.5 Å². The van der Waals surface area contributed by atoms with Crippen LogP contribution < -0.4 is 9.47 Å². The lowest BCUT2D eigenvalue weighted by Crippen LogP contribution is -2.36. The van der Waals surface area contributed by atoms with Gasteiger partial charge in [-0.15, -0.1) is 0 Å². The van der Waals surface area contributed by atoms with Gasteiger partial charge in [0.05, 0.1) is 11.4 Å². The van der Waals surface area contributed by atoms with Gasteiger partial charge in [-0.25, -0.2) is 0 Å². The van der Waals surface area contributed by atoms with E-state index in [4.69, 9.17) is 14.6 Å². The number of nitrogens with zero attached hydrogens (tertiary/aromatic N) is 3. The highest BCUT2D eigenvalue weighted by Crippen LogP contribution is 2.39. The molecule has 0 radical (unpaired) electrons. The van der Waals surface area contributed by atoms with Crippen LogP contribution in [0.2, 0.25) is 0 Å². The van der Waals surface area contributed by atoms with E-state index in [0.717, 1.165) is 24.6 Å². The van der Waals surface area contributed by atoms with Gasteiger partial charge < -0.3 is 9.47 Å². The van der Waals surface area contributed by atoms with Gasteiger partial charge in [0, 0.05) is 32.1 Å². The molecule has 27 heavy (non-hydrogen) atoms. The van der Waals surface area contributed by atoms with Gasteiger partial charge in [-0.2, -0.15) is 5.10 Å². The lowest BCUT2D eigenvalue weighted by molar-refractivity contribution is 0.136. The normalized spacial score (nSPS) is 19.8. The number of aryl methyl sites for hydroxylation is 1. The first-order valence-electron chi connectivity index (χ1n) is 10.4. The van der Waals surface area contributed by atoms with Crippen LogP contribution in [0.3, 0.4) is 0 Å². The van der Waals surface area contributed by atoms with Gasteiger partial charge in [-0.05, 0) is 49.4 Å². The van der Waals surface area contributed by atoms with E-state index < -0.39 is 0 Å². The van der Waals surface area contributed by atoms with Crippen LogP contribution in [0.5, 0.6) is 11.5 Å². The molecular weight excluding hydrogens is 338 g/mol. The number of hydrogen-bond acceptors (Lipinski definition) is 4. The minimum Gasteiger partial charge on any atom is -0.454 e. The molecule has 1 aliphatic heterocycles. The lowest BCUT2D eigenvalue weighted by Gasteiger charge is -2.34. The third kappa shape index (κ3) is 3.70. The summed E-state index contributed by atoms with van der Waals surface area (Å²) in [5.74, 6) is 2.46. The first-order chi connectivity index (χ1) is 13.3. The van der Waals surface area contributed by atoms with Crippen molar-refractivity contribution in [3.05, 3.63) is 41.2 Å². The SMILES string of the molecule is Cn1nc(C2CC2)cc1CN(Cc1ccc2c(c1)OCO2)C1CCCCC1. The van der Waals surface area contributed by atoms with Crippen molar-refractivity contribution in [1.82, 2.24) is 14.7 Å². The average molecular weight is 367 g/mol. The van der Waals surface area contributed by atoms with Gasteiger partial charge in [-0.3, -0.25) is 9.58 Å². The van der Waals surface area contributed by atoms with Crippen molar-refractivity contribution in [1.29, 1.82) is 0 Å². The largest absolute Gasteiger partial charge is 0.454 e. The van der Waals surface area contributed by atoms with Gasteiger partial charge in [-0.1, -0.05) is 25.3 Å². The molecule has 2 aliphatic carbocycles. The van der Waals surface area contributed by atoms with E-state index in [9.17, 15) is 0 Å². The zero-order chi connectivity index (χ0) is 18.2. The lowest BCUT2D eigenvalue weighted by atomic mass is 9.93. The molecule has 5 heteroatoms. The molecule has 1 aromatic carbocycles. The molecular formula is C22H29N3O2. The molecule has 5 nitrogen and oxygen atoms in total. The zero-order valence-electron chi connectivity index (χ0n) is 16.2. The van der Waals surface area contributed by atoms with E-state index in [0.29, 0.717) is 18.8 Å². The number of fused-ring (bicyclic) bond motifs is 1. The summed E-state index contributed by atoms with van der Waals surface area (Å²) in [5, 5.41) is 4.78. The molecule has 0 bridgehead atoms. The van der Waals surface area contributed by atoms with E-state index >= 15 is 0 Å². The fourth-order valence-corrected chi connectivity index (χ4v) is 4.50. The highest BCUT2D eigenvalue weighted by Gasteiger charge is 2.28. The smallest absolute Gasteiger partial charge is 0.231 e. The Labute approximate surface area is 161 Å². The second kappa shape index (κ2) is 7.19. The predicted octanol–water partition coefficient (Wildman–Crippen LogP) is 4.36. The maximum absolute atomic E-state index is 5.59. The summed E-state index contributed by atoms with van der Waals surface area (Å²) >= 11 is 0. The number of aromatic nitrogens is 2. The second-order valence-corrected chi connectivity index (χ2v) is 8.34. The molecule has 0 amide bonds. The van der Waals surface area contributed by atoms with Gasteiger partial charge >= 0.3 is 0 Å². The third-order valence-electron chi connectivity index (χ3n) is 6.27. The first kappa shape index (κ1) is 17.1. The Kier molecular flexibility index (Phi) is 4.56. The molecule has 2 saturated carbocycles. The summed E-state index contributed by atoms with van der Waals surface area (Å²) in [7, 11) is 2.10. The molecule has 1 aromatic heterocycles. The predicted molar refractivity (Wildman–Crippen MR) is 104 cm³/mol. The van der Waals surface area contributed by atoms with Crippen molar-refractivity contribution in [3.8, 4) is 11.5 Å². The van der Waals surface area contributed by atoms with Crippen molar-refractivity contribution in [2.45, 2.75) is 70.0 Å². The summed E-state index contributed by atoms with van der Waals surface area (Å²) in [4.78, 5) is 2.66. The van der Waals surface area contributed by atoms with Crippen molar-refractivity contribution in [2.24, 2.45) is 7.05 Å². The van der Waals surface area contributed by atoms with Crippen LogP contribution in [0.1, 0.15) is 67.8 Å². The Hall–Kier alpha value is -2.01. The summed E-state index contributed by atoms with van der Waals surface area (Å²) < 4.78 is 13.2. The topological polar surface area (TPSA) is 39.5 Å². The van der Waals surface area contributed by atoms with Crippen LogP contribution in [0, 0.1) is 0 Å². The number of rotatable bonds is 6. The summed E-state index contributed by atoms with van der Waals surface area (Å²) in [6.45, 7) is 2.25. The molecule has 0 saturated heterocycles. The van der Waals surface area contributed by atoms with Crippen molar-refractivity contribution in [3.63, 3.8) is 0 Å². The van der Waals surface area contributed by atoms with Crippen molar-refractivity contribution < 1.29 is 9.47 Å². The highest BCUT2D eigenvalue weighted by molar-refractivity contribution is 5.44. The maximum atomic E-state index is 5.59. The minimum atomic E-state index is 0.337. The van der Waals surface area contributed by atoms with Crippen LogP contribution in [0.25, 0.3) is 0 Å². The van der Waals surface area contributed by atoms with E-state index in [1.807, 2.05) is 6.07 Å². The number of hydrogen-bond donors (Lipinski definition) is 0. The number of benzene rings is 1. The Morgan fingerprint density at radius 3 is 2.63 bits per heavy atom. The Balaban J connectivity index is 1.37. The van der Waals surface area contributed by atoms with Crippen molar-refractivity contribution >= 4 is 0 Å². The standard InChI is InChI=1S/C22H29N3O2/c1-24-19(12-20(23-24)17-8-9-17)14-25(18-5-3-2-4-6-18)13-16-7-10-21-22(11-16)27-15-26-21/h7,10-12,17-18H,2-6,8-9,13-15H2,1H3. The molecule has 5 rings (SSSR count). The molecule has 3 aliphatic rings. The molecule has 0 spiro atoms. The van der Waals surface area contributed by atoms with Crippen molar-refractivity contribution in [2.75, 3.05) is 6.79 Å². The van der Waals surface area contributed by atoms with Gasteiger partial charge in [0.1, 0.15) is 0 Å². The fourth-order valence-electron chi connectivity index (χ4n) is 4.50. The third-order valence-corrected chi connectivity index (χ3v) is 6.27. The molecule has 0 unspecified atom stereocenters. The quantitative estimate of drug-likeness (QED) is 0.760. The van der Waals surface area contributed by atoms with E-state index in [2.05, 4.69) is 34.8 Å². The maximum Gasteiger partial charge on any atom is 0.231 e. The molecule has 144 valence electrons. The highest BCUT2D eigenvalue weighted by atomic mass is 16.7. The summed E-state index contributed by atoms with van der Waals surface area (Å²) in [5.41, 5.74) is 3.93. The minimum absolute atomic E-state index is 0.337. The summed E-state index contributed by atoms with van der Waals surface area (Å²) in [6.07, 6.45) is 9.30. The first-order valence-corrected chi connectivity index (χ1v) is 10.4. The molecule has 2 heterocycles. The van der Waals surface area contributed by atoms with E-state index in [-0.39, 0.29) is 0 Å². The Morgan fingerprint density at radius 1 is 1.00 bits per heavy atom. The molecule has 0 N–H and O–H groups in total. The van der Waals surface area contributed by atoms with Crippen LogP contribution in [0.15, 0.2) is 24.3 Å². The van der Waals surface area contributed by atoms with Gasteiger partial charge in [0.25, 0.3) is 0 Å². The number of ether oxygens (including phenoxy) is 2. The summed E-state index contributed by atoms with van der Waals surface area (Å²) in [6, 6.07) is 9.38. The van der Waals surface area contributed by atoms with Crippen LogP contribution in [-0.2, 0) is 20.1 Å². The molecule has 0 atom stereocenters. The Bertz CT molecular complexity index is 806. The molecule has 2 fully saturated rings. The zero-order valence-corrected chi connectivity index (χ0v) is 16.2. The second-order valence-electron chi connectivity index (χ2n) is 8.34. The van der Waals surface area contributed by atoms with Crippen LogP contribution in [-0.4, -0.2) is 27.5 Å².